The maximum absolute atomic E-state index is 12.4. The quantitative estimate of drug-likeness (QED) is 0.125. The number of carboxylic acid groups (broad SMARTS) is 1. The highest BCUT2D eigenvalue weighted by Gasteiger charge is 2.30. The van der Waals surface area contributed by atoms with Gasteiger partial charge in [-0.2, -0.15) is 0 Å². The summed E-state index contributed by atoms with van der Waals surface area (Å²) in [6.45, 7) is -1.89. The van der Waals surface area contributed by atoms with Gasteiger partial charge < -0.3 is 48.5 Å². The van der Waals surface area contributed by atoms with Crippen LogP contribution in [0.4, 0.5) is 0 Å². The summed E-state index contributed by atoms with van der Waals surface area (Å²) in [5, 5.41) is 33.2. The van der Waals surface area contributed by atoms with Gasteiger partial charge in [-0.3, -0.25) is 24.0 Å². The predicted octanol–water partition coefficient (Wildman–Crippen LogP) is -6.02. The third-order valence-corrected chi connectivity index (χ3v) is 3.68. The van der Waals surface area contributed by atoms with Gasteiger partial charge in [0.1, 0.15) is 18.1 Å². The summed E-state index contributed by atoms with van der Waals surface area (Å²) in [5.74, 6) is -6.32. The minimum atomic E-state index is -1.68. The number of amides is 5. The number of carbonyl (C=O) groups is 6. The summed E-state index contributed by atoms with van der Waals surface area (Å²) in [4.78, 5) is 69.2. The van der Waals surface area contributed by atoms with E-state index < -0.39 is 79.3 Å². The lowest BCUT2D eigenvalue weighted by molar-refractivity contribution is -0.143. The molecule has 4 atom stereocenters. The summed E-state index contributed by atoms with van der Waals surface area (Å²) in [6.07, 6.45) is -1.16. The van der Waals surface area contributed by atoms with Crippen molar-refractivity contribution in [3.05, 3.63) is 0 Å². The lowest BCUT2D eigenvalue weighted by Gasteiger charge is -2.23. The molecule has 0 saturated carbocycles. The van der Waals surface area contributed by atoms with Crippen molar-refractivity contribution in [2.45, 2.75) is 43.4 Å². The molecule has 0 aromatic carbocycles. The van der Waals surface area contributed by atoms with Gasteiger partial charge in [0.2, 0.25) is 29.5 Å². The van der Waals surface area contributed by atoms with Crippen LogP contribution in [0.15, 0.2) is 0 Å². The Morgan fingerprint density at radius 2 is 1.20 bits per heavy atom. The third-order valence-electron chi connectivity index (χ3n) is 3.68. The fraction of sp³-hybridized carbons (Fsp3) is 0.600. The van der Waals surface area contributed by atoms with E-state index in [4.69, 9.17) is 27.4 Å². The number of carbonyl (C=O) groups excluding carboxylic acids is 5. The van der Waals surface area contributed by atoms with E-state index in [1.165, 1.54) is 0 Å². The van der Waals surface area contributed by atoms with Crippen LogP contribution in [-0.4, -0.2) is 88.2 Å². The van der Waals surface area contributed by atoms with Crippen LogP contribution in [0.5, 0.6) is 0 Å². The molecular weight excluding hydrogens is 408 g/mol. The van der Waals surface area contributed by atoms with E-state index in [1.807, 2.05) is 5.32 Å². The Labute approximate surface area is 170 Å². The first-order chi connectivity index (χ1) is 13.9. The summed E-state index contributed by atoms with van der Waals surface area (Å²) in [5.41, 5.74) is 15.4. The largest absolute Gasteiger partial charge is 0.480 e. The van der Waals surface area contributed by atoms with Gasteiger partial charge in [-0.25, -0.2) is 4.79 Å². The zero-order valence-electron chi connectivity index (χ0n) is 15.9. The van der Waals surface area contributed by atoms with Gasteiger partial charge in [0, 0.05) is 6.42 Å². The first-order valence-corrected chi connectivity index (χ1v) is 8.60. The van der Waals surface area contributed by atoms with E-state index >= 15 is 0 Å². The van der Waals surface area contributed by atoms with Crippen LogP contribution in [0, 0.1) is 0 Å². The summed E-state index contributed by atoms with van der Waals surface area (Å²) in [7, 11) is 0. The molecule has 30 heavy (non-hydrogen) atoms. The van der Waals surface area contributed by atoms with E-state index in [9.17, 15) is 33.9 Å². The number of nitrogens with one attached hydrogen (secondary N) is 3. The van der Waals surface area contributed by atoms with Crippen LogP contribution in [-0.2, 0) is 28.8 Å². The number of primary amides is 2. The third kappa shape index (κ3) is 9.76. The molecule has 0 rings (SSSR count). The molecule has 0 aliphatic carbocycles. The molecule has 0 bridgehead atoms. The lowest BCUT2D eigenvalue weighted by Crippen LogP contribution is -2.58. The van der Waals surface area contributed by atoms with Crippen LogP contribution in [0.1, 0.15) is 19.3 Å². The van der Waals surface area contributed by atoms with Gasteiger partial charge in [0.25, 0.3) is 0 Å². The molecule has 0 fully saturated rings. The smallest absolute Gasteiger partial charge is 0.328 e. The molecule has 15 heteroatoms. The molecule has 0 spiro atoms. The normalized spacial score (nSPS) is 14.5. The van der Waals surface area contributed by atoms with Crippen molar-refractivity contribution in [2.75, 3.05) is 13.2 Å². The Morgan fingerprint density at radius 3 is 1.63 bits per heavy atom. The zero-order chi connectivity index (χ0) is 23.4. The maximum Gasteiger partial charge on any atom is 0.328 e. The van der Waals surface area contributed by atoms with E-state index in [0.717, 1.165) is 0 Å². The van der Waals surface area contributed by atoms with E-state index in [2.05, 4.69) is 10.6 Å². The van der Waals surface area contributed by atoms with Gasteiger partial charge in [-0.15, -0.1) is 0 Å². The van der Waals surface area contributed by atoms with E-state index in [1.54, 1.807) is 0 Å². The molecule has 0 aliphatic rings. The molecule has 0 radical (unpaired) electrons. The van der Waals surface area contributed by atoms with Crippen molar-refractivity contribution in [3.63, 3.8) is 0 Å². The molecule has 0 aliphatic heterocycles. The predicted molar refractivity (Wildman–Crippen MR) is 97.8 cm³/mol. The number of carboxylic acids is 1. The molecule has 170 valence electrons. The highest BCUT2D eigenvalue weighted by Crippen LogP contribution is 2.01. The second kappa shape index (κ2) is 13.0. The standard InChI is InChI=1S/C15H26N6O9/c16-6(3-11(18)25)12(26)19-7(1-2-10(17)24)13(27)20-8(4-22)14(28)21-9(5-23)15(29)30/h6-9,22-23H,1-5,16H2,(H2,17,24)(H2,18,25)(H,19,26)(H,20,27)(H,21,28)(H,29,30). The molecule has 0 aromatic rings. The number of aliphatic hydroxyl groups is 2. The number of rotatable bonds is 14. The van der Waals surface area contributed by atoms with Gasteiger partial charge in [0.15, 0.2) is 0 Å². The Balaban J connectivity index is 5.24. The molecule has 0 saturated heterocycles. The van der Waals surface area contributed by atoms with Gasteiger partial charge in [-0.05, 0) is 6.42 Å². The van der Waals surface area contributed by atoms with Crippen molar-refractivity contribution in [1.29, 1.82) is 0 Å². The second-order valence-corrected chi connectivity index (χ2v) is 6.17. The SMILES string of the molecule is NC(=O)CCC(NC(=O)C(N)CC(N)=O)C(=O)NC(CO)C(=O)NC(CO)C(=O)O. The minimum Gasteiger partial charge on any atom is -0.480 e. The van der Waals surface area contributed by atoms with Crippen molar-refractivity contribution in [1.82, 2.24) is 16.0 Å². The number of hydrogen-bond acceptors (Lipinski definition) is 9. The number of nitrogens with two attached hydrogens (primary N) is 3. The van der Waals surface area contributed by atoms with Crippen LogP contribution in [0.25, 0.3) is 0 Å². The van der Waals surface area contributed by atoms with Gasteiger partial charge >= 0.3 is 5.97 Å². The Kier molecular flexibility index (Phi) is 11.6. The molecule has 4 unspecified atom stereocenters. The summed E-state index contributed by atoms with van der Waals surface area (Å²) >= 11 is 0. The minimum absolute atomic E-state index is 0.301. The number of aliphatic carboxylic acids is 1. The molecule has 15 nitrogen and oxygen atoms in total. The topological polar surface area (TPSA) is 277 Å². The van der Waals surface area contributed by atoms with Crippen LogP contribution in [0.3, 0.4) is 0 Å². The van der Waals surface area contributed by atoms with Crippen molar-refractivity contribution in [2.24, 2.45) is 17.2 Å². The van der Waals surface area contributed by atoms with E-state index in [-0.39, 0.29) is 12.8 Å². The average Bonchev–Trinajstić information content (AvgIpc) is 2.65. The van der Waals surface area contributed by atoms with Crippen molar-refractivity contribution in [3.8, 4) is 0 Å². The highest BCUT2D eigenvalue weighted by molar-refractivity contribution is 5.95. The molecule has 0 aromatic heterocycles. The fourth-order valence-electron chi connectivity index (χ4n) is 2.07. The summed E-state index contributed by atoms with van der Waals surface area (Å²) in [6, 6.07) is -6.14. The average molecular weight is 434 g/mol. The Bertz CT molecular complexity index is 671. The van der Waals surface area contributed by atoms with Crippen molar-refractivity contribution >= 4 is 35.5 Å². The first kappa shape index (κ1) is 26.7. The lowest BCUT2D eigenvalue weighted by atomic mass is 10.1. The fourth-order valence-corrected chi connectivity index (χ4v) is 2.07. The van der Waals surface area contributed by atoms with Gasteiger partial charge in [0.05, 0.1) is 25.7 Å². The Morgan fingerprint density at radius 1 is 0.733 bits per heavy atom. The monoisotopic (exact) mass is 434 g/mol. The van der Waals surface area contributed by atoms with E-state index in [0.29, 0.717) is 0 Å². The van der Waals surface area contributed by atoms with Crippen LogP contribution < -0.4 is 33.2 Å². The maximum atomic E-state index is 12.4. The summed E-state index contributed by atoms with van der Waals surface area (Å²) < 4.78 is 0. The molecule has 5 amide bonds. The van der Waals surface area contributed by atoms with Crippen LogP contribution >= 0.6 is 0 Å². The second-order valence-electron chi connectivity index (χ2n) is 6.17. The van der Waals surface area contributed by atoms with Gasteiger partial charge in [-0.1, -0.05) is 0 Å². The molecule has 0 heterocycles. The highest BCUT2D eigenvalue weighted by atomic mass is 16.4. The number of hydrogen-bond donors (Lipinski definition) is 9. The Hall–Kier alpha value is -3.30. The molecular formula is C15H26N6O9. The first-order valence-electron chi connectivity index (χ1n) is 8.60. The zero-order valence-corrected chi connectivity index (χ0v) is 15.9. The molecule has 12 N–H and O–H groups in total. The number of aliphatic hydroxyl groups excluding tert-OH is 2. The van der Waals surface area contributed by atoms with Crippen molar-refractivity contribution < 1.29 is 44.1 Å². The van der Waals surface area contributed by atoms with Crippen LogP contribution in [0.2, 0.25) is 0 Å².